The van der Waals surface area contributed by atoms with Gasteiger partial charge in [-0.15, -0.1) is 0 Å². The van der Waals surface area contributed by atoms with Gasteiger partial charge in [-0.25, -0.2) is 15.0 Å². The van der Waals surface area contributed by atoms with Gasteiger partial charge in [0.15, 0.2) is 5.82 Å². The zero-order valence-electron chi connectivity index (χ0n) is 17.5. The normalized spacial score (nSPS) is 10.8. The number of benzene rings is 2. The molecule has 2 aromatic carbocycles. The first-order valence-corrected chi connectivity index (χ1v) is 10.5. The van der Waals surface area contributed by atoms with Crippen LogP contribution in [0.5, 0.6) is 11.5 Å². The summed E-state index contributed by atoms with van der Waals surface area (Å²) in [5, 5.41) is 10.4. The first-order valence-electron chi connectivity index (χ1n) is 10.5. The van der Waals surface area contributed by atoms with E-state index in [4.69, 9.17) is 9.47 Å². The number of aromatic nitrogens is 3. The molecular formula is C24H29N3O3. The van der Waals surface area contributed by atoms with E-state index in [-0.39, 0.29) is 5.75 Å². The third-order valence-corrected chi connectivity index (χ3v) is 4.68. The van der Waals surface area contributed by atoms with Gasteiger partial charge in [-0.2, -0.15) is 0 Å². The Morgan fingerprint density at radius 2 is 1.77 bits per heavy atom. The van der Waals surface area contributed by atoms with Crippen molar-refractivity contribution in [2.75, 3.05) is 19.8 Å². The monoisotopic (exact) mass is 407 g/mol. The fraction of sp³-hybridized carbons (Fsp3) is 0.375. The van der Waals surface area contributed by atoms with Crippen LogP contribution in [0.2, 0.25) is 0 Å². The summed E-state index contributed by atoms with van der Waals surface area (Å²) in [5.74, 6) is 1.76. The maximum Gasteiger partial charge on any atom is 0.166 e. The predicted molar refractivity (Wildman–Crippen MR) is 117 cm³/mol. The molecule has 0 spiro atoms. The van der Waals surface area contributed by atoms with Crippen molar-refractivity contribution in [2.24, 2.45) is 0 Å². The van der Waals surface area contributed by atoms with Crippen LogP contribution in [-0.2, 0) is 11.2 Å². The maximum absolute atomic E-state index is 10.4. The molecule has 3 rings (SSSR count). The molecule has 0 saturated heterocycles. The van der Waals surface area contributed by atoms with Crippen LogP contribution >= 0.6 is 0 Å². The molecule has 1 N–H and O–H groups in total. The minimum absolute atomic E-state index is 0.0739. The van der Waals surface area contributed by atoms with Crippen LogP contribution in [-0.4, -0.2) is 39.9 Å². The summed E-state index contributed by atoms with van der Waals surface area (Å²) in [6.45, 7) is 3.93. The van der Waals surface area contributed by atoms with Crippen LogP contribution in [0.3, 0.4) is 0 Å². The van der Waals surface area contributed by atoms with E-state index in [1.807, 2.05) is 30.3 Å². The second-order valence-electron chi connectivity index (χ2n) is 7.09. The minimum Gasteiger partial charge on any atom is -0.507 e. The summed E-state index contributed by atoms with van der Waals surface area (Å²) in [7, 11) is 0. The van der Waals surface area contributed by atoms with Gasteiger partial charge in [0.2, 0.25) is 0 Å². The highest BCUT2D eigenvalue weighted by molar-refractivity contribution is 5.64. The van der Waals surface area contributed by atoms with Crippen molar-refractivity contribution in [2.45, 2.75) is 39.0 Å². The largest absolute Gasteiger partial charge is 0.507 e. The van der Waals surface area contributed by atoms with Crippen molar-refractivity contribution in [3.05, 3.63) is 66.2 Å². The van der Waals surface area contributed by atoms with Crippen molar-refractivity contribution < 1.29 is 14.6 Å². The smallest absolute Gasteiger partial charge is 0.166 e. The first-order chi connectivity index (χ1) is 14.8. The molecule has 0 amide bonds. The summed E-state index contributed by atoms with van der Waals surface area (Å²) in [6, 6.07) is 15.2. The van der Waals surface area contributed by atoms with Gasteiger partial charge in [0, 0.05) is 19.1 Å². The van der Waals surface area contributed by atoms with Crippen LogP contribution < -0.4 is 4.74 Å². The lowest BCUT2D eigenvalue weighted by Crippen LogP contribution is -2.07. The first kappa shape index (κ1) is 21.7. The molecule has 6 nitrogen and oxygen atoms in total. The standard InChI is InChI=1S/C24H29N3O3/c1-2-3-4-8-13-29-14-15-30-20-11-12-21(22(28)17-20)24-26-18-25-23(27-24)16-19-9-6-5-7-10-19/h5-7,9-12,17-18,28H,2-4,8,13-16H2,1H3. The summed E-state index contributed by atoms with van der Waals surface area (Å²) in [6.07, 6.45) is 6.85. The highest BCUT2D eigenvalue weighted by atomic mass is 16.5. The summed E-state index contributed by atoms with van der Waals surface area (Å²) >= 11 is 0. The molecule has 1 heterocycles. The van der Waals surface area contributed by atoms with E-state index in [0.717, 1.165) is 18.6 Å². The van der Waals surface area contributed by atoms with Gasteiger partial charge in [-0.3, -0.25) is 0 Å². The van der Waals surface area contributed by atoms with Gasteiger partial charge in [-0.1, -0.05) is 56.5 Å². The number of phenolic OH excluding ortho intramolecular Hbond substituents is 1. The molecule has 0 unspecified atom stereocenters. The van der Waals surface area contributed by atoms with Gasteiger partial charge in [0.25, 0.3) is 0 Å². The average molecular weight is 408 g/mol. The number of aromatic hydroxyl groups is 1. The fourth-order valence-corrected chi connectivity index (χ4v) is 3.07. The zero-order valence-corrected chi connectivity index (χ0v) is 17.5. The number of ether oxygens (including phenoxy) is 2. The Kier molecular flexibility index (Phi) is 8.60. The van der Waals surface area contributed by atoms with Crippen molar-refractivity contribution in [3.8, 4) is 22.9 Å². The topological polar surface area (TPSA) is 77.4 Å². The molecule has 0 atom stereocenters. The van der Waals surface area contributed by atoms with E-state index in [9.17, 15) is 5.11 Å². The highest BCUT2D eigenvalue weighted by Crippen LogP contribution is 2.30. The van der Waals surface area contributed by atoms with E-state index >= 15 is 0 Å². The van der Waals surface area contributed by atoms with E-state index < -0.39 is 0 Å². The third kappa shape index (κ3) is 6.81. The molecule has 0 bridgehead atoms. The summed E-state index contributed by atoms with van der Waals surface area (Å²) < 4.78 is 11.2. The lowest BCUT2D eigenvalue weighted by molar-refractivity contribution is 0.0970. The van der Waals surface area contributed by atoms with Crippen LogP contribution in [0, 0.1) is 0 Å². The molecule has 0 aliphatic heterocycles. The zero-order chi connectivity index (χ0) is 21.0. The number of rotatable bonds is 12. The molecule has 1 aromatic heterocycles. The Balaban J connectivity index is 1.53. The molecule has 0 aliphatic rings. The fourth-order valence-electron chi connectivity index (χ4n) is 3.07. The number of phenols is 1. The minimum atomic E-state index is 0.0739. The Morgan fingerprint density at radius 3 is 2.57 bits per heavy atom. The van der Waals surface area contributed by atoms with Gasteiger partial charge in [0.05, 0.1) is 12.2 Å². The van der Waals surface area contributed by atoms with Crippen molar-refractivity contribution in [1.82, 2.24) is 15.0 Å². The van der Waals surface area contributed by atoms with Crippen molar-refractivity contribution in [1.29, 1.82) is 0 Å². The maximum atomic E-state index is 10.4. The molecular weight excluding hydrogens is 378 g/mol. The van der Waals surface area contributed by atoms with Crippen LogP contribution in [0.1, 0.15) is 44.0 Å². The Bertz CT molecular complexity index is 903. The van der Waals surface area contributed by atoms with Gasteiger partial charge in [0.1, 0.15) is 30.3 Å². The predicted octanol–water partition coefficient (Wildman–Crippen LogP) is 4.81. The molecule has 0 fully saturated rings. The van der Waals surface area contributed by atoms with Crippen LogP contribution in [0.25, 0.3) is 11.4 Å². The highest BCUT2D eigenvalue weighted by Gasteiger charge is 2.11. The molecule has 0 radical (unpaired) electrons. The molecule has 0 saturated carbocycles. The summed E-state index contributed by atoms with van der Waals surface area (Å²) in [5.41, 5.74) is 1.67. The van der Waals surface area contributed by atoms with Crippen LogP contribution in [0.4, 0.5) is 0 Å². The second kappa shape index (κ2) is 11.9. The van der Waals surface area contributed by atoms with Crippen molar-refractivity contribution >= 4 is 0 Å². The summed E-state index contributed by atoms with van der Waals surface area (Å²) in [4.78, 5) is 13.0. The Morgan fingerprint density at radius 1 is 0.900 bits per heavy atom. The van der Waals surface area contributed by atoms with Crippen LogP contribution in [0.15, 0.2) is 54.9 Å². The SMILES string of the molecule is CCCCCCOCCOc1ccc(-c2ncnc(Cc3ccccc3)n2)c(O)c1. The van der Waals surface area contributed by atoms with E-state index in [1.54, 1.807) is 18.2 Å². The van der Waals surface area contributed by atoms with Gasteiger partial charge in [-0.05, 0) is 24.1 Å². The number of unbranched alkanes of at least 4 members (excludes halogenated alkanes) is 3. The molecule has 6 heteroatoms. The van der Waals surface area contributed by atoms with E-state index in [1.165, 1.54) is 25.6 Å². The molecule has 30 heavy (non-hydrogen) atoms. The number of hydrogen-bond acceptors (Lipinski definition) is 6. The third-order valence-electron chi connectivity index (χ3n) is 4.68. The molecule has 3 aromatic rings. The molecule has 0 aliphatic carbocycles. The van der Waals surface area contributed by atoms with Crippen molar-refractivity contribution in [3.63, 3.8) is 0 Å². The number of hydrogen-bond donors (Lipinski definition) is 1. The average Bonchev–Trinajstić information content (AvgIpc) is 2.76. The molecule has 158 valence electrons. The van der Waals surface area contributed by atoms with E-state index in [2.05, 4.69) is 21.9 Å². The van der Waals surface area contributed by atoms with Gasteiger partial charge >= 0.3 is 0 Å². The van der Waals surface area contributed by atoms with Gasteiger partial charge < -0.3 is 14.6 Å². The Hall–Kier alpha value is -2.99. The lowest BCUT2D eigenvalue weighted by Gasteiger charge is -2.10. The second-order valence-corrected chi connectivity index (χ2v) is 7.09. The Labute approximate surface area is 178 Å². The number of nitrogens with zero attached hydrogens (tertiary/aromatic N) is 3. The quantitative estimate of drug-likeness (QED) is 0.434. The van der Waals surface area contributed by atoms with E-state index in [0.29, 0.717) is 42.6 Å². The lowest BCUT2D eigenvalue weighted by atomic mass is 10.1.